The minimum absolute atomic E-state index is 0.749. The molecule has 1 aromatic carbocycles. The Morgan fingerprint density at radius 1 is 1.29 bits per heavy atom. The Labute approximate surface area is 154 Å². The quantitative estimate of drug-likeness (QED) is 0.678. The van der Waals surface area contributed by atoms with E-state index in [2.05, 4.69) is 54.7 Å². The maximum Gasteiger partial charge on any atom is 0.228 e. The Hall–Kier alpha value is -1.25. The molecule has 1 aromatic heterocycles. The van der Waals surface area contributed by atoms with Gasteiger partial charge in [-0.2, -0.15) is 0 Å². The lowest BCUT2D eigenvalue weighted by Crippen LogP contribution is -2.38. The van der Waals surface area contributed by atoms with Crippen molar-refractivity contribution >= 4 is 33.6 Å². The predicted octanol–water partition coefficient (Wildman–Crippen LogP) is 3.20. The fourth-order valence-corrected chi connectivity index (χ4v) is 4.14. The second-order valence-electron chi connectivity index (χ2n) is 5.38. The van der Waals surface area contributed by atoms with E-state index in [9.17, 15) is 0 Å². The van der Waals surface area contributed by atoms with Crippen LogP contribution in [0, 0.1) is 0 Å². The van der Waals surface area contributed by atoms with Gasteiger partial charge in [0.05, 0.1) is 24.8 Å². The number of anilines is 1. The van der Waals surface area contributed by atoms with Crippen molar-refractivity contribution in [3.8, 4) is 5.75 Å². The highest BCUT2D eigenvalue weighted by atomic mass is 79.9. The molecular formula is C16H21BrN4O2S. The zero-order valence-corrected chi connectivity index (χ0v) is 16.3. The number of hydrogen-bond acceptors (Lipinski definition) is 6. The number of morpholine rings is 1. The Kier molecular flexibility index (Phi) is 6.02. The Balaban J connectivity index is 1.71. The van der Waals surface area contributed by atoms with Crippen LogP contribution in [-0.4, -0.2) is 48.2 Å². The van der Waals surface area contributed by atoms with Gasteiger partial charge in [0, 0.05) is 25.4 Å². The van der Waals surface area contributed by atoms with Crippen LogP contribution in [0.5, 0.6) is 5.75 Å². The van der Waals surface area contributed by atoms with E-state index >= 15 is 0 Å². The molecule has 1 saturated heterocycles. The first kappa shape index (κ1) is 17.6. The zero-order valence-electron chi connectivity index (χ0n) is 13.9. The van der Waals surface area contributed by atoms with Crippen LogP contribution in [0.3, 0.4) is 0 Å². The van der Waals surface area contributed by atoms with Gasteiger partial charge in [0.15, 0.2) is 5.16 Å². The van der Waals surface area contributed by atoms with E-state index in [0.29, 0.717) is 0 Å². The number of hydrogen-bond donors (Lipinski definition) is 0. The highest BCUT2D eigenvalue weighted by Gasteiger charge is 2.19. The Morgan fingerprint density at radius 3 is 2.75 bits per heavy atom. The number of ether oxygens (including phenoxy) is 2. The first-order valence-electron chi connectivity index (χ1n) is 7.94. The molecule has 2 heterocycles. The molecule has 1 aliphatic heterocycles. The monoisotopic (exact) mass is 412 g/mol. The van der Waals surface area contributed by atoms with Crippen LogP contribution in [0.4, 0.5) is 5.95 Å². The molecule has 3 rings (SSSR count). The predicted molar refractivity (Wildman–Crippen MR) is 99.0 cm³/mol. The molecule has 24 heavy (non-hydrogen) atoms. The van der Waals surface area contributed by atoms with Gasteiger partial charge in [-0.05, 0) is 40.5 Å². The number of aromatic nitrogens is 3. The van der Waals surface area contributed by atoms with Crippen molar-refractivity contribution in [3.05, 3.63) is 28.2 Å². The Morgan fingerprint density at radius 2 is 2.08 bits per heavy atom. The summed E-state index contributed by atoms with van der Waals surface area (Å²) in [6.45, 7) is 6.22. The van der Waals surface area contributed by atoms with Gasteiger partial charge in [-0.3, -0.25) is 4.57 Å². The van der Waals surface area contributed by atoms with Crippen LogP contribution >= 0.6 is 27.7 Å². The number of nitrogens with zero attached hydrogens (tertiary/aromatic N) is 4. The van der Waals surface area contributed by atoms with Gasteiger partial charge in [-0.25, -0.2) is 0 Å². The topological polar surface area (TPSA) is 52.4 Å². The molecule has 1 fully saturated rings. The number of methoxy groups -OCH3 is 1. The number of thioether (sulfide) groups is 1. The molecule has 2 aromatic rings. The summed E-state index contributed by atoms with van der Waals surface area (Å²) in [6.07, 6.45) is 0. The molecular weight excluding hydrogens is 392 g/mol. The standard InChI is InChI=1S/C16H21BrN4O2S/c1-3-21-15(20-6-8-23-9-7-20)18-19-16(21)24-11-12-4-5-14(22-2)13(17)10-12/h4-5,10H,3,6-9,11H2,1-2H3. The number of rotatable bonds is 6. The van der Waals surface area contributed by atoms with Crippen molar-refractivity contribution in [2.75, 3.05) is 38.3 Å². The second kappa shape index (κ2) is 8.22. The fourth-order valence-electron chi connectivity index (χ4n) is 2.61. The minimum atomic E-state index is 0.749. The van der Waals surface area contributed by atoms with Gasteiger partial charge in [0.2, 0.25) is 5.95 Å². The van der Waals surface area contributed by atoms with Crippen molar-refractivity contribution < 1.29 is 9.47 Å². The van der Waals surface area contributed by atoms with Gasteiger partial charge in [0.1, 0.15) is 5.75 Å². The van der Waals surface area contributed by atoms with Crippen molar-refractivity contribution in [1.29, 1.82) is 0 Å². The summed E-state index contributed by atoms with van der Waals surface area (Å²) in [7, 11) is 1.67. The SMILES string of the molecule is CCn1c(SCc2ccc(OC)c(Br)c2)nnc1N1CCOCC1. The summed E-state index contributed by atoms with van der Waals surface area (Å²) in [5.41, 5.74) is 1.21. The average molecular weight is 413 g/mol. The third-order valence-electron chi connectivity index (χ3n) is 3.89. The van der Waals surface area contributed by atoms with Gasteiger partial charge < -0.3 is 14.4 Å². The smallest absolute Gasteiger partial charge is 0.228 e. The van der Waals surface area contributed by atoms with Gasteiger partial charge in [0.25, 0.3) is 0 Å². The molecule has 0 spiro atoms. The van der Waals surface area contributed by atoms with E-state index in [0.717, 1.165) is 59.9 Å². The number of benzene rings is 1. The molecule has 0 unspecified atom stereocenters. The number of halogens is 1. The second-order valence-corrected chi connectivity index (χ2v) is 7.18. The van der Waals surface area contributed by atoms with Crippen LogP contribution in [0.25, 0.3) is 0 Å². The zero-order chi connectivity index (χ0) is 16.9. The summed E-state index contributed by atoms with van der Waals surface area (Å²) < 4.78 is 13.8. The molecule has 0 saturated carbocycles. The van der Waals surface area contributed by atoms with Crippen LogP contribution < -0.4 is 9.64 Å². The molecule has 0 aliphatic carbocycles. The highest BCUT2D eigenvalue weighted by Crippen LogP contribution is 2.30. The van der Waals surface area contributed by atoms with Gasteiger partial charge >= 0.3 is 0 Å². The minimum Gasteiger partial charge on any atom is -0.496 e. The van der Waals surface area contributed by atoms with E-state index in [1.54, 1.807) is 18.9 Å². The third kappa shape index (κ3) is 3.87. The molecule has 0 atom stereocenters. The lowest BCUT2D eigenvalue weighted by molar-refractivity contribution is 0.121. The summed E-state index contributed by atoms with van der Waals surface area (Å²) in [5, 5.41) is 9.74. The summed E-state index contributed by atoms with van der Waals surface area (Å²) in [6, 6.07) is 6.14. The van der Waals surface area contributed by atoms with Gasteiger partial charge in [-0.15, -0.1) is 10.2 Å². The lowest BCUT2D eigenvalue weighted by Gasteiger charge is -2.27. The third-order valence-corrected chi connectivity index (χ3v) is 5.55. The van der Waals surface area contributed by atoms with Crippen LogP contribution in [0.2, 0.25) is 0 Å². The molecule has 0 bridgehead atoms. The molecule has 0 N–H and O–H groups in total. The molecule has 130 valence electrons. The maximum atomic E-state index is 5.42. The van der Waals surface area contributed by atoms with Crippen molar-refractivity contribution in [1.82, 2.24) is 14.8 Å². The lowest BCUT2D eigenvalue weighted by atomic mass is 10.2. The summed E-state index contributed by atoms with van der Waals surface area (Å²) in [5.74, 6) is 2.62. The maximum absolute atomic E-state index is 5.42. The van der Waals surface area contributed by atoms with Crippen molar-refractivity contribution in [2.45, 2.75) is 24.4 Å². The van der Waals surface area contributed by atoms with E-state index in [1.807, 2.05) is 6.07 Å². The van der Waals surface area contributed by atoms with Crippen molar-refractivity contribution in [3.63, 3.8) is 0 Å². The van der Waals surface area contributed by atoms with Crippen LogP contribution in [-0.2, 0) is 17.0 Å². The first-order valence-corrected chi connectivity index (χ1v) is 9.72. The molecule has 0 amide bonds. The molecule has 6 nitrogen and oxygen atoms in total. The molecule has 8 heteroatoms. The van der Waals surface area contributed by atoms with E-state index in [1.165, 1.54) is 5.56 Å². The van der Waals surface area contributed by atoms with Crippen LogP contribution in [0.1, 0.15) is 12.5 Å². The first-order chi connectivity index (χ1) is 11.7. The van der Waals surface area contributed by atoms with E-state index in [4.69, 9.17) is 9.47 Å². The molecule has 1 aliphatic rings. The normalized spacial score (nSPS) is 14.9. The largest absolute Gasteiger partial charge is 0.496 e. The summed E-state index contributed by atoms with van der Waals surface area (Å²) in [4.78, 5) is 2.24. The Bertz CT molecular complexity index is 689. The van der Waals surface area contributed by atoms with Crippen LogP contribution in [0.15, 0.2) is 27.8 Å². The van der Waals surface area contributed by atoms with Gasteiger partial charge in [-0.1, -0.05) is 17.8 Å². The van der Waals surface area contributed by atoms with E-state index in [-0.39, 0.29) is 0 Å². The summed E-state index contributed by atoms with van der Waals surface area (Å²) >= 11 is 5.23. The fraction of sp³-hybridized carbons (Fsp3) is 0.500. The average Bonchev–Trinajstić information content (AvgIpc) is 3.03. The van der Waals surface area contributed by atoms with Crippen molar-refractivity contribution in [2.24, 2.45) is 0 Å². The molecule has 0 radical (unpaired) electrons. The highest BCUT2D eigenvalue weighted by molar-refractivity contribution is 9.10. The van der Waals surface area contributed by atoms with E-state index < -0.39 is 0 Å².